The van der Waals surface area contributed by atoms with Gasteiger partial charge in [0.2, 0.25) is 0 Å². The van der Waals surface area contributed by atoms with Crippen molar-refractivity contribution in [3.63, 3.8) is 0 Å². The number of unbranched alkanes of at least 4 members (excludes halogenated alkanes) is 1. The zero-order chi connectivity index (χ0) is 38.7. The van der Waals surface area contributed by atoms with Crippen LogP contribution in [0.4, 0.5) is 22.7 Å². The number of nitrogens with zero attached hydrogens (tertiary/aromatic N) is 3. The van der Waals surface area contributed by atoms with E-state index < -0.39 is 0 Å². The van der Waals surface area contributed by atoms with Crippen LogP contribution in [0.5, 0.6) is 0 Å². The predicted molar refractivity (Wildman–Crippen MR) is 227 cm³/mol. The first kappa shape index (κ1) is 36.2. The van der Waals surface area contributed by atoms with Crippen LogP contribution >= 0.6 is 0 Å². The average molecular weight is 730 g/mol. The van der Waals surface area contributed by atoms with E-state index in [1.807, 2.05) is 36.4 Å². The summed E-state index contributed by atoms with van der Waals surface area (Å²) < 4.78 is 0. The van der Waals surface area contributed by atoms with E-state index in [-0.39, 0.29) is 34.3 Å². The normalized spacial score (nSPS) is 13.7. The van der Waals surface area contributed by atoms with Gasteiger partial charge in [0.15, 0.2) is 0 Å². The highest BCUT2D eigenvalue weighted by Crippen LogP contribution is 2.48. The number of hydrogen-bond donors (Lipinski definition) is 0. The van der Waals surface area contributed by atoms with Gasteiger partial charge in [-0.05, 0) is 91.9 Å². The van der Waals surface area contributed by atoms with Gasteiger partial charge in [-0.2, -0.15) is 0 Å². The van der Waals surface area contributed by atoms with Gasteiger partial charge in [-0.15, -0.1) is 0 Å². The van der Waals surface area contributed by atoms with E-state index in [0.29, 0.717) is 28.1 Å². The van der Waals surface area contributed by atoms with E-state index in [1.165, 1.54) is 4.90 Å². The number of rotatable bonds is 12. The maximum absolute atomic E-state index is 14.7. The Bertz CT molecular complexity index is 2560. The summed E-state index contributed by atoms with van der Waals surface area (Å²) in [5, 5.41) is 19.7. The lowest BCUT2D eigenvalue weighted by Gasteiger charge is -2.33. The van der Waals surface area contributed by atoms with Crippen LogP contribution in [0.25, 0.3) is 43.1 Å². The molecular formula is C48H47N3O4. The zero-order valence-corrected chi connectivity index (χ0v) is 32.5. The summed E-state index contributed by atoms with van der Waals surface area (Å²) in [6, 6.07) is 31.6. The van der Waals surface area contributed by atoms with Gasteiger partial charge in [0, 0.05) is 52.0 Å². The van der Waals surface area contributed by atoms with Crippen molar-refractivity contribution in [1.82, 2.24) is 0 Å². The molecule has 0 spiro atoms. The van der Waals surface area contributed by atoms with Crippen molar-refractivity contribution in [2.75, 3.05) is 16.3 Å². The molecule has 0 aromatic heterocycles. The number of benzene rings is 7. The molecule has 0 fully saturated rings. The molecule has 7 nitrogen and oxygen atoms in total. The van der Waals surface area contributed by atoms with Crippen molar-refractivity contribution in [1.29, 1.82) is 0 Å². The first-order valence-electron chi connectivity index (χ1n) is 19.7. The number of nitro benzene ring substituents is 1. The molecule has 0 saturated carbocycles. The molecule has 1 aliphatic rings. The van der Waals surface area contributed by atoms with Gasteiger partial charge in [-0.3, -0.25) is 19.7 Å². The van der Waals surface area contributed by atoms with E-state index in [2.05, 4.69) is 88.9 Å². The van der Waals surface area contributed by atoms with Crippen LogP contribution in [0, 0.1) is 16.0 Å². The number of non-ortho nitro benzene ring substituents is 1. The van der Waals surface area contributed by atoms with E-state index in [1.54, 1.807) is 18.2 Å². The Kier molecular flexibility index (Phi) is 9.28. The van der Waals surface area contributed by atoms with E-state index in [0.717, 1.165) is 92.4 Å². The fourth-order valence-corrected chi connectivity index (χ4v) is 8.98. The SMILES string of the molecule is CCCCC(CC)CN(c1cccc([N+](=O)[O-])c1)c1ccc2c3ccc4c5c(ccc(c6cccc1c62)c53)C(=O)N(c1c(C(C)C)cccc1C(C)C)C4=O. The molecule has 7 aromatic carbocycles. The van der Waals surface area contributed by atoms with Gasteiger partial charge >= 0.3 is 0 Å². The minimum absolute atomic E-state index is 0.0660. The van der Waals surface area contributed by atoms with E-state index in [9.17, 15) is 19.7 Å². The first-order valence-corrected chi connectivity index (χ1v) is 19.7. The highest BCUT2D eigenvalue weighted by molar-refractivity contribution is 6.42. The molecule has 8 rings (SSSR count). The van der Waals surface area contributed by atoms with Crippen molar-refractivity contribution < 1.29 is 14.5 Å². The topological polar surface area (TPSA) is 83.8 Å². The highest BCUT2D eigenvalue weighted by atomic mass is 16.6. The van der Waals surface area contributed by atoms with Crippen LogP contribution in [-0.4, -0.2) is 23.3 Å². The minimum Gasteiger partial charge on any atom is -0.340 e. The molecule has 0 N–H and O–H groups in total. The summed E-state index contributed by atoms with van der Waals surface area (Å²) in [6.07, 6.45) is 4.32. The molecular weight excluding hydrogens is 683 g/mol. The number of fused-ring (bicyclic) bond motifs is 2. The molecule has 2 amide bonds. The van der Waals surface area contributed by atoms with Crippen LogP contribution in [0.15, 0.2) is 97.1 Å². The zero-order valence-electron chi connectivity index (χ0n) is 32.5. The second kappa shape index (κ2) is 14.1. The molecule has 7 heteroatoms. The van der Waals surface area contributed by atoms with Gasteiger partial charge in [-0.1, -0.05) is 121 Å². The molecule has 1 unspecified atom stereocenters. The summed E-state index contributed by atoms with van der Waals surface area (Å²) in [5.74, 6) is 0.0456. The Morgan fingerprint density at radius 2 is 1.24 bits per heavy atom. The van der Waals surface area contributed by atoms with E-state index >= 15 is 0 Å². The molecule has 55 heavy (non-hydrogen) atoms. The number of carbonyl (C=O) groups is 2. The fraction of sp³-hybridized carbons (Fsp3) is 0.292. The van der Waals surface area contributed by atoms with Crippen LogP contribution < -0.4 is 9.80 Å². The number of hydrogen-bond acceptors (Lipinski definition) is 5. The Morgan fingerprint density at radius 1 is 0.673 bits per heavy atom. The smallest absolute Gasteiger partial charge is 0.271 e. The van der Waals surface area contributed by atoms with Crippen LogP contribution in [0.3, 0.4) is 0 Å². The largest absolute Gasteiger partial charge is 0.340 e. The van der Waals surface area contributed by atoms with Crippen LogP contribution in [0.1, 0.15) is 111 Å². The van der Waals surface area contributed by atoms with E-state index in [4.69, 9.17) is 0 Å². The Labute approximate surface area is 322 Å². The Balaban J connectivity index is 1.35. The van der Waals surface area contributed by atoms with Crippen molar-refractivity contribution >= 4 is 77.7 Å². The van der Waals surface area contributed by atoms with Gasteiger partial charge in [0.25, 0.3) is 17.5 Å². The highest BCUT2D eigenvalue weighted by Gasteiger charge is 2.38. The fourth-order valence-electron chi connectivity index (χ4n) is 8.98. The van der Waals surface area contributed by atoms with Crippen molar-refractivity contribution in [2.45, 2.75) is 79.1 Å². The number of para-hydroxylation sites is 1. The molecule has 1 atom stereocenters. The number of amides is 2. The second-order valence-electron chi connectivity index (χ2n) is 15.8. The number of nitro groups is 1. The Morgan fingerprint density at radius 3 is 1.84 bits per heavy atom. The monoisotopic (exact) mass is 729 g/mol. The lowest BCUT2D eigenvalue weighted by molar-refractivity contribution is -0.384. The van der Waals surface area contributed by atoms with Gasteiger partial charge < -0.3 is 4.90 Å². The predicted octanol–water partition coefficient (Wildman–Crippen LogP) is 13.0. The first-order chi connectivity index (χ1) is 26.5. The Hall–Kier alpha value is -5.82. The molecule has 0 bridgehead atoms. The number of imide groups is 1. The lowest BCUT2D eigenvalue weighted by Crippen LogP contribution is -2.41. The van der Waals surface area contributed by atoms with Gasteiger partial charge in [0.05, 0.1) is 10.6 Å². The molecule has 0 radical (unpaired) electrons. The van der Waals surface area contributed by atoms with Crippen LogP contribution in [-0.2, 0) is 0 Å². The minimum atomic E-state index is -0.330. The number of carbonyl (C=O) groups excluding carboxylic acids is 2. The summed E-state index contributed by atoms with van der Waals surface area (Å²) >= 11 is 0. The maximum Gasteiger partial charge on any atom is 0.271 e. The maximum atomic E-state index is 14.7. The third-order valence-electron chi connectivity index (χ3n) is 11.8. The average Bonchev–Trinajstić information content (AvgIpc) is 3.19. The summed E-state index contributed by atoms with van der Waals surface area (Å²) in [6.45, 7) is 13.6. The van der Waals surface area contributed by atoms with Gasteiger partial charge in [0.1, 0.15) is 0 Å². The van der Waals surface area contributed by atoms with Crippen molar-refractivity contribution in [3.05, 3.63) is 129 Å². The molecule has 1 heterocycles. The molecule has 0 saturated heterocycles. The quantitative estimate of drug-likeness (QED) is 0.0411. The molecule has 1 aliphatic heterocycles. The lowest BCUT2D eigenvalue weighted by atomic mass is 9.83. The molecule has 0 aliphatic carbocycles. The van der Waals surface area contributed by atoms with Crippen molar-refractivity contribution in [3.8, 4) is 0 Å². The summed E-state index contributed by atoms with van der Waals surface area (Å²) in [7, 11) is 0. The number of anilines is 3. The summed E-state index contributed by atoms with van der Waals surface area (Å²) in [5.41, 5.74) is 5.59. The third-order valence-corrected chi connectivity index (χ3v) is 11.8. The molecule has 278 valence electrons. The third kappa shape index (κ3) is 5.79. The van der Waals surface area contributed by atoms with Gasteiger partial charge in [-0.25, -0.2) is 4.90 Å². The van der Waals surface area contributed by atoms with Crippen molar-refractivity contribution in [2.24, 2.45) is 5.92 Å². The summed E-state index contributed by atoms with van der Waals surface area (Å²) in [4.78, 5) is 44.7. The standard InChI is InChI=1S/C48H47N3O4/c1-7-9-13-30(8-2)27-49(31-14-10-15-32(26-31)51(54)55)42-25-24-36-38-21-23-41-45-40(22-20-37(44(38)45)35-18-12-19-39(42)43(35)36)47(52)50(48(41)53)46-33(28(3)4)16-11-17-34(46)29(5)6/h10-12,14-26,28-30H,7-9,13,27H2,1-6H3. The second-order valence-corrected chi connectivity index (χ2v) is 15.8. The molecule has 7 aromatic rings. The van der Waals surface area contributed by atoms with Crippen LogP contribution in [0.2, 0.25) is 0 Å².